The summed E-state index contributed by atoms with van der Waals surface area (Å²) in [6.07, 6.45) is -1.66. The Morgan fingerprint density at radius 3 is 2.39 bits per heavy atom. The quantitative estimate of drug-likeness (QED) is 0.152. The van der Waals surface area contributed by atoms with Gasteiger partial charge >= 0.3 is 0 Å². The number of Topliss-reactive ketones (excluding diaryl/α,β-unsaturated/α-hetero) is 2. The molecule has 0 spiro atoms. The number of ketones is 2. The highest BCUT2D eigenvalue weighted by atomic mass is 32.1. The number of phenolic OH excluding ortho intramolecular Hbond substituents is 1. The molecule has 0 bridgehead atoms. The molecule has 2 aromatic carbocycles. The number of anilines is 2. The third-order valence-electron chi connectivity index (χ3n) is 9.26. The number of aliphatic hydroxyl groups is 4. The number of nitrogens with one attached hydrogen (secondary N) is 1. The van der Waals surface area contributed by atoms with Crippen LogP contribution in [-0.2, 0) is 14.4 Å². The van der Waals surface area contributed by atoms with Crippen LogP contribution in [0.15, 0.2) is 58.7 Å². The van der Waals surface area contributed by atoms with E-state index in [0.29, 0.717) is 22.1 Å². The molecule has 3 aromatic rings. The van der Waals surface area contributed by atoms with Crippen molar-refractivity contribution in [2.45, 2.75) is 30.6 Å². The van der Waals surface area contributed by atoms with Crippen molar-refractivity contribution >= 4 is 45.4 Å². The number of aromatic nitrogens is 1. The summed E-state index contributed by atoms with van der Waals surface area (Å²) in [7, 11) is 4.49. The Morgan fingerprint density at radius 2 is 1.78 bits per heavy atom. The van der Waals surface area contributed by atoms with E-state index in [9.17, 15) is 39.9 Å². The zero-order chi connectivity index (χ0) is 33.4. The molecule has 8 N–H and O–H groups in total. The maximum absolute atomic E-state index is 14.2. The molecule has 3 aliphatic rings. The van der Waals surface area contributed by atoms with Gasteiger partial charge < -0.3 is 41.3 Å². The minimum Gasteiger partial charge on any atom is -0.508 e. The minimum absolute atomic E-state index is 0.118. The number of nitrogens with zero attached hydrogens (tertiary/aromatic N) is 2. The fourth-order valence-electron chi connectivity index (χ4n) is 7.06. The van der Waals surface area contributed by atoms with Gasteiger partial charge in [-0.1, -0.05) is 13.0 Å². The molecule has 1 fully saturated rings. The molecule has 1 saturated carbocycles. The highest BCUT2D eigenvalue weighted by Gasteiger charge is 2.68. The number of methoxy groups -OCH3 is 1. The Bertz CT molecular complexity index is 1860. The molecule has 14 heteroatoms. The van der Waals surface area contributed by atoms with Gasteiger partial charge in [0.2, 0.25) is 5.78 Å². The van der Waals surface area contributed by atoms with Gasteiger partial charge in [0.05, 0.1) is 42.1 Å². The Labute approximate surface area is 266 Å². The lowest BCUT2D eigenvalue weighted by Gasteiger charge is -2.53. The number of hydrogen-bond donors (Lipinski definition) is 7. The summed E-state index contributed by atoms with van der Waals surface area (Å²) in [6, 6.07) is 9.11. The number of carbonyl (C=O) groups is 3. The molecule has 6 atom stereocenters. The normalized spacial score (nSPS) is 27.3. The number of fused-ring (bicyclic) bond motifs is 3. The number of thiazole rings is 1. The van der Waals surface area contributed by atoms with Gasteiger partial charge in [-0.3, -0.25) is 19.3 Å². The van der Waals surface area contributed by atoms with Crippen molar-refractivity contribution in [2.24, 2.45) is 17.6 Å². The summed E-state index contributed by atoms with van der Waals surface area (Å²) in [5, 5.41) is 62.9. The first-order valence-electron chi connectivity index (χ1n) is 14.3. The zero-order valence-electron chi connectivity index (χ0n) is 25.2. The summed E-state index contributed by atoms with van der Waals surface area (Å²) in [6.45, 7) is 1.67. The van der Waals surface area contributed by atoms with Crippen LogP contribution in [0.4, 0.5) is 10.8 Å². The molecule has 0 saturated heterocycles. The van der Waals surface area contributed by atoms with Gasteiger partial charge in [-0.15, -0.1) is 11.3 Å². The Morgan fingerprint density at radius 1 is 1.11 bits per heavy atom. The van der Waals surface area contributed by atoms with Crippen molar-refractivity contribution in [2.75, 3.05) is 26.5 Å². The van der Waals surface area contributed by atoms with Crippen LogP contribution in [0, 0.1) is 11.8 Å². The second kappa shape index (κ2) is 10.9. The highest BCUT2D eigenvalue weighted by molar-refractivity contribution is 7.14. The number of carbonyl (C=O) groups excluding carboxylic acids is 3. The molecule has 46 heavy (non-hydrogen) atoms. The predicted molar refractivity (Wildman–Crippen MR) is 168 cm³/mol. The summed E-state index contributed by atoms with van der Waals surface area (Å²) in [5.74, 6) is -8.75. The third kappa shape index (κ3) is 4.32. The molecule has 1 aromatic heterocycles. The molecular formula is C32H32N4O9S. The number of amides is 1. The van der Waals surface area contributed by atoms with E-state index >= 15 is 0 Å². The van der Waals surface area contributed by atoms with E-state index in [0.717, 1.165) is 5.56 Å². The van der Waals surface area contributed by atoms with Crippen molar-refractivity contribution in [3.05, 3.63) is 69.8 Å². The largest absolute Gasteiger partial charge is 0.508 e. The van der Waals surface area contributed by atoms with Crippen LogP contribution in [0.1, 0.15) is 24.0 Å². The highest BCUT2D eigenvalue weighted by Crippen LogP contribution is 2.56. The summed E-state index contributed by atoms with van der Waals surface area (Å²) < 4.78 is 5.20. The van der Waals surface area contributed by atoms with Crippen LogP contribution in [0.2, 0.25) is 0 Å². The van der Waals surface area contributed by atoms with E-state index in [1.165, 1.54) is 30.3 Å². The van der Waals surface area contributed by atoms with Gasteiger partial charge in [0.1, 0.15) is 28.6 Å². The average molecular weight is 649 g/mol. The topological polar surface area (TPSA) is 216 Å². The second-order valence-electron chi connectivity index (χ2n) is 11.9. The molecule has 3 aliphatic carbocycles. The van der Waals surface area contributed by atoms with E-state index in [4.69, 9.17) is 10.5 Å². The van der Waals surface area contributed by atoms with Gasteiger partial charge in [-0.25, -0.2) is 4.98 Å². The van der Waals surface area contributed by atoms with Crippen molar-refractivity contribution in [3.8, 4) is 22.8 Å². The molecule has 6 rings (SSSR count). The molecule has 0 aliphatic heterocycles. The maximum Gasteiger partial charge on any atom is 0.255 e. The fourth-order valence-corrected chi connectivity index (χ4v) is 7.79. The summed E-state index contributed by atoms with van der Waals surface area (Å²) in [4.78, 5) is 45.6. The smallest absolute Gasteiger partial charge is 0.255 e. The van der Waals surface area contributed by atoms with E-state index < -0.39 is 81.4 Å². The molecule has 1 heterocycles. The first kappa shape index (κ1) is 31.2. The van der Waals surface area contributed by atoms with Crippen molar-refractivity contribution in [3.63, 3.8) is 0 Å². The van der Waals surface area contributed by atoms with Crippen LogP contribution in [-0.4, -0.2) is 91.8 Å². The van der Waals surface area contributed by atoms with Crippen LogP contribution in [0.25, 0.3) is 17.0 Å². The number of rotatable bonds is 6. The number of aromatic hydroxyl groups is 1. The second-order valence-corrected chi connectivity index (χ2v) is 12.7. The zero-order valence-corrected chi connectivity index (χ0v) is 26.0. The van der Waals surface area contributed by atoms with Gasteiger partial charge in [0.25, 0.3) is 5.91 Å². The number of nitrogens with two attached hydrogens (primary N) is 1. The van der Waals surface area contributed by atoms with Gasteiger partial charge in [0, 0.05) is 22.4 Å². The number of primary amides is 1. The maximum atomic E-state index is 14.2. The van der Waals surface area contributed by atoms with E-state index in [1.807, 2.05) is 17.5 Å². The van der Waals surface area contributed by atoms with Crippen LogP contribution in [0.3, 0.4) is 0 Å². The number of likely N-dealkylation sites (N-methyl/N-ethyl adjacent to an activating group) is 1. The van der Waals surface area contributed by atoms with Crippen LogP contribution >= 0.6 is 11.3 Å². The number of hydrogen-bond acceptors (Lipinski definition) is 13. The Kier molecular flexibility index (Phi) is 7.43. The first-order valence-corrected chi connectivity index (χ1v) is 15.2. The number of phenols is 1. The molecular weight excluding hydrogens is 616 g/mol. The third-order valence-corrected chi connectivity index (χ3v) is 10.0. The first-order chi connectivity index (χ1) is 21.7. The lowest BCUT2D eigenvalue weighted by Crippen LogP contribution is -2.70. The van der Waals surface area contributed by atoms with Gasteiger partial charge in [0.15, 0.2) is 16.5 Å². The Balaban J connectivity index is 1.44. The van der Waals surface area contributed by atoms with Crippen LogP contribution < -0.4 is 15.8 Å². The van der Waals surface area contributed by atoms with Crippen LogP contribution in [0.5, 0.6) is 11.5 Å². The Hall–Kier alpha value is -4.76. The summed E-state index contributed by atoms with van der Waals surface area (Å²) in [5.41, 5.74) is 2.91. The fraction of sp³-hybridized carbons (Fsp3) is 0.312. The molecule has 0 unspecified atom stereocenters. The monoisotopic (exact) mass is 648 g/mol. The van der Waals surface area contributed by atoms with Gasteiger partial charge in [-0.05, 0) is 55.9 Å². The average Bonchev–Trinajstić information content (AvgIpc) is 3.48. The van der Waals surface area contributed by atoms with Crippen molar-refractivity contribution in [1.82, 2.24) is 9.88 Å². The molecule has 0 radical (unpaired) electrons. The molecule has 1 amide bonds. The minimum atomic E-state index is -2.98. The summed E-state index contributed by atoms with van der Waals surface area (Å²) >= 11 is 1.27. The van der Waals surface area contributed by atoms with E-state index in [-0.39, 0.29) is 11.3 Å². The number of aliphatic hydroxyl groups excluding tert-OH is 3. The standard InChI is InChI=1S/C32H32N4O9S/c1-12-15-9-10-16(34-31-35-17(11-46-31)13-5-7-14(45-4)8-6-13)24(37)19(15)25(38)20-18(12)26(39)22-23(36(2)3)27(40)21(30(33)43)29(42)32(22,44)28(20)41/h5-12,18,22-23,26,37-39,42,44H,1-4H3,(H2,33,43)(H,34,35)/t12-,18-,22+,23-,26-,32-/m1/s1. The van der Waals surface area contributed by atoms with E-state index in [1.54, 1.807) is 38.3 Å². The number of benzene rings is 2. The lowest BCUT2D eigenvalue weighted by molar-refractivity contribution is -0.169. The predicted octanol–water partition coefficient (Wildman–Crippen LogP) is 2.37. The SMILES string of the molecule is COc1ccc(-c2csc(Nc3ccc4c(c3O)C(O)=C3C(=O)[C@@]5(O)C(O)=C(C(N)=O)C(=O)[C@H](N(C)C)[C@H]5[C@H](O)[C@@H]3[C@@H]4C)n2)cc1. The van der Waals surface area contributed by atoms with Crippen molar-refractivity contribution in [1.29, 1.82) is 0 Å². The lowest BCUT2D eigenvalue weighted by atomic mass is 9.54. The molecule has 13 nitrogen and oxygen atoms in total. The van der Waals surface area contributed by atoms with E-state index in [2.05, 4.69) is 10.3 Å². The molecule has 240 valence electrons. The number of ether oxygens (including phenoxy) is 1. The van der Waals surface area contributed by atoms with Gasteiger partial charge in [-0.2, -0.15) is 0 Å². The van der Waals surface area contributed by atoms with Crippen molar-refractivity contribution < 1.29 is 44.7 Å².